The standard InChI is InChI=1S/C25H28FN3O8/c26-18-14-16(15-6-2-1-3-7-15)9-10-17(18)22(32)27-13-5-4-8-19(23(33)34)28-25(37)29-20(24(35)36)11-12-21(30)31/h1-3,6-7,9-10,14,19-20H,4-5,8,11-13H2,(H,27,32)(H,30,31)(H,33,34)(H,35,36)(H2,28,29,37)/t19-,20-/m0/s1. The van der Waals surface area contributed by atoms with Crippen molar-refractivity contribution in [1.82, 2.24) is 16.0 Å². The van der Waals surface area contributed by atoms with Crippen LogP contribution in [0.1, 0.15) is 42.5 Å². The first kappa shape index (κ1) is 28.8. The normalized spacial score (nSPS) is 12.1. The number of aliphatic carboxylic acids is 3. The maximum absolute atomic E-state index is 14.5. The number of carboxylic acids is 3. The van der Waals surface area contributed by atoms with Gasteiger partial charge < -0.3 is 31.3 Å². The SMILES string of the molecule is O=C(O)CC[C@H](NC(=O)N[C@@H](CCCCNC(=O)c1ccc(-c2ccccc2)cc1F)C(=O)O)C(=O)O. The third kappa shape index (κ3) is 9.59. The second-order valence-electron chi connectivity index (χ2n) is 8.14. The summed E-state index contributed by atoms with van der Waals surface area (Å²) in [5, 5.41) is 33.8. The van der Waals surface area contributed by atoms with Gasteiger partial charge in [0, 0.05) is 13.0 Å². The molecule has 0 saturated carbocycles. The van der Waals surface area contributed by atoms with E-state index in [4.69, 9.17) is 10.2 Å². The summed E-state index contributed by atoms with van der Waals surface area (Å²) >= 11 is 0. The maximum atomic E-state index is 14.5. The van der Waals surface area contributed by atoms with Crippen molar-refractivity contribution in [2.75, 3.05) is 6.54 Å². The van der Waals surface area contributed by atoms with Crippen molar-refractivity contribution in [2.45, 2.75) is 44.2 Å². The number of carbonyl (C=O) groups excluding carboxylic acids is 2. The molecule has 11 nitrogen and oxygen atoms in total. The number of unbranched alkanes of at least 4 members (excludes halogenated alkanes) is 1. The zero-order valence-electron chi connectivity index (χ0n) is 19.8. The Bertz CT molecular complexity index is 1130. The molecule has 12 heteroatoms. The van der Waals surface area contributed by atoms with Gasteiger partial charge in [-0.1, -0.05) is 36.4 Å². The van der Waals surface area contributed by atoms with Crippen LogP contribution in [0.15, 0.2) is 48.5 Å². The molecule has 0 radical (unpaired) electrons. The van der Waals surface area contributed by atoms with Crippen LogP contribution in [0.3, 0.4) is 0 Å². The summed E-state index contributed by atoms with van der Waals surface area (Å²) in [5.74, 6) is -5.34. The van der Waals surface area contributed by atoms with Gasteiger partial charge in [0.25, 0.3) is 5.91 Å². The van der Waals surface area contributed by atoms with Gasteiger partial charge in [0.05, 0.1) is 5.56 Å². The summed E-state index contributed by atoms with van der Waals surface area (Å²) in [5.41, 5.74) is 1.31. The molecule has 2 rings (SSSR count). The highest BCUT2D eigenvalue weighted by Gasteiger charge is 2.24. The zero-order valence-corrected chi connectivity index (χ0v) is 19.8. The van der Waals surface area contributed by atoms with Gasteiger partial charge in [0.2, 0.25) is 0 Å². The lowest BCUT2D eigenvalue weighted by atomic mass is 10.0. The Morgan fingerprint density at radius 3 is 1.97 bits per heavy atom. The molecule has 0 unspecified atom stereocenters. The van der Waals surface area contributed by atoms with E-state index in [9.17, 15) is 33.5 Å². The Morgan fingerprint density at radius 2 is 1.41 bits per heavy atom. The average Bonchev–Trinajstić information content (AvgIpc) is 2.85. The van der Waals surface area contributed by atoms with E-state index < -0.39 is 54.2 Å². The number of hydrogen-bond acceptors (Lipinski definition) is 5. The molecular formula is C25H28FN3O8. The quantitative estimate of drug-likeness (QED) is 0.207. The highest BCUT2D eigenvalue weighted by atomic mass is 19.1. The fourth-order valence-electron chi connectivity index (χ4n) is 3.42. The summed E-state index contributed by atoms with van der Waals surface area (Å²) in [6, 6.07) is 9.51. The van der Waals surface area contributed by atoms with E-state index in [1.54, 1.807) is 6.07 Å². The molecule has 0 bridgehead atoms. The first-order chi connectivity index (χ1) is 17.6. The highest BCUT2D eigenvalue weighted by molar-refractivity contribution is 5.95. The molecular weight excluding hydrogens is 489 g/mol. The van der Waals surface area contributed by atoms with Gasteiger partial charge in [-0.05, 0) is 48.9 Å². The lowest BCUT2D eigenvalue weighted by Gasteiger charge is -2.18. The number of benzene rings is 2. The lowest BCUT2D eigenvalue weighted by molar-refractivity contribution is -0.140. The number of nitrogens with one attached hydrogen (secondary N) is 3. The third-order valence-electron chi connectivity index (χ3n) is 5.38. The van der Waals surface area contributed by atoms with Crippen LogP contribution in [0.2, 0.25) is 0 Å². The molecule has 198 valence electrons. The molecule has 3 amide bonds. The van der Waals surface area contributed by atoms with Crippen molar-refractivity contribution in [2.24, 2.45) is 0 Å². The van der Waals surface area contributed by atoms with Gasteiger partial charge >= 0.3 is 23.9 Å². The predicted octanol–water partition coefficient (Wildman–Crippen LogP) is 2.46. The number of carbonyl (C=O) groups is 5. The number of hydrogen-bond donors (Lipinski definition) is 6. The minimum absolute atomic E-state index is 0.0222. The summed E-state index contributed by atoms with van der Waals surface area (Å²) in [6.07, 6.45) is -0.281. The van der Waals surface area contributed by atoms with E-state index in [-0.39, 0.29) is 31.4 Å². The Hall–Kier alpha value is -4.48. The zero-order chi connectivity index (χ0) is 27.4. The Labute approximate surface area is 211 Å². The van der Waals surface area contributed by atoms with Crippen molar-refractivity contribution in [3.63, 3.8) is 0 Å². The Kier molecular flexibility index (Phi) is 11.0. The number of carboxylic acid groups (broad SMARTS) is 3. The summed E-state index contributed by atoms with van der Waals surface area (Å²) in [7, 11) is 0. The van der Waals surface area contributed by atoms with E-state index in [2.05, 4.69) is 10.6 Å². The fraction of sp³-hybridized carbons (Fsp3) is 0.320. The van der Waals surface area contributed by atoms with Gasteiger partial charge in [-0.3, -0.25) is 9.59 Å². The number of amides is 3. The van der Waals surface area contributed by atoms with Crippen LogP contribution in [-0.2, 0) is 14.4 Å². The molecule has 2 aromatic rings. The predicted molar refractivity (Wildman–Crippen MR) is 129 cm³/mol. The summed E-state index contributed by atoms with van der Waals surface area (Å²) in [4.78, 5) is 57.6. The van der Waals surface area contributed by atoms with Crippen molar-refractivity contribution < 1.29 is 43.7 Å². The van der Waals surface area contributed by atoms with Crippen LogP contribution in [-0.4, -0.2) is 63.8 Å². The van der Waals surface area contributed by atoms with Gasteiger partial charge in [-0.15, -0.1) is 0 Å². The summed E-state index contributed by atoms with van der Waals surface area (Å²) in [6.45, 7) is 0.132. The minimum atomic E-state index is -1.50. The van der Waals surface area contributed by atoms with Gasteiger partial charge in [-0.2, -0.15) is 0 Å². The van der Waals surface area contributed by atoms with Gasteiger partial charge in [0.15, 0.2) is 0 Å². The smallest absolute Gasteiger partial charge is 0.326 e. The lowest BCUT2D eigenvalue weighted by Crippen LogP contribution is -2.51. The monoisotopic (exact) mass is 517 g/mol. The number of rotatable bonds is 14. The van der Waals surface area contributed by atoms with Crippen LogP contribution >= 0.6 is 0 Å². The molecule has 0 saturated heterocycles. The molecule has 0 heterocycles. The molecule has 0 aliphatic rings. The fourth-order valence-corrected chi connectivity index (χ4v) is 3.42. The minimum Gasteiger partial charge on any atom is -0.481 e. The van der Waals surface area contributed by atoms with Crippen LogP contribution < -0.4 is 16.0 Å². The first-order valence-electron chi connectivity index (χ1n) is 11.5. The Morgan fingerprint density at radius 1 is 0.784 bits per heavy atom. The average molecular weight is 518 g/mol. The molecule has 0 fully saturated rings. The second-order valence-corrected chi connectivity index (χ2v) is 8.14. The van der Waals surface area contributed by atoms with Crippen LogP contribution in [0.5, 0.6) is 0 Å². The van der Waals surface area contributed by atoms with E-state index in [0.717, 1.165) is 5.56 Å². The van der Waals surface area contributed by atoms with Crippen LogP contribution in [0.4, 0.5) is 9.18 Å². The van der Waals surface area contributed by atoms with Crippen LogP contribution in [0.25, 0.3) is 11.1 Å². The largest absolute Gasteiger partial charge is 0.481 e. The van der Waals surface area contributed by atoms with Crippen LogP contribution in [0, 0.1) is 5.82 Å². The first-order valence-corrected chi connectivity index (χ1v) is 11.5. The van der Waals surface area contributed by atoms with Crippen molar-refractivity contribution in [3.8, 4) is 11.1 Å². The van der Waals surface area contributed by atoms with E-state index >= 15 is 0 Å². The van der Waals surface area contributed by atoms with Crippen molar-refractivity contribution in [1.29, 1.82) is 0 Å². The molecule has 0 aliphatic heterocycles. The molecule has 6 N–H and O–H groups in total. The second kappa shape index (κ2) is 14.2. The van der Waals surface area contributed by atoms with Gasteiger partial charge in [0.1, 0.15) is 17.9 Å². The Balaban J connectivity index is 1.79. The highest BCUT2D eigenvalue weighted by Crippen LogP contribution is 2.21. The molecule has 0 aromatic heterocycles. The molecule has 2 atom stereocenters. The summed E-state index contributed by atoms with van der Waals surface area (Å²) < 4.78 is 14.5. The number of halogens is 1. The van der Waals surface area contributed by atoms with E-state index in [1.807, 2.05) is 35.6 Å². The van der Waals surface area contributed by atoms with E-state index in [1.165, 1.54) is 12.1 Å². The molecule has 2 aromatic carbocycles. The third-order valence-corrected chi connectivity index (χ3v) is 5.38. The van der Waals surface area contributed by atoms with Crippen molar-refractivity contribution >= 4 is 29.8 Å². The molecule has 0 aliphatic carbocycles. The van der Waals surface area contributed by atoms with Crippen molar-refractivity contribution in [3.05, 3.63) is 59.9 Å². The molecule has 0 spiro atoms. The van der Waals surface area contributed by atoms with E-state index in [0.29, 0.717) is 12.0 Å². The van der Waals surface area contributed by atoms with Gasteiger partial charge in [-0.25, -0.2) is 18.8 Å². The number of urea groups is 1. The molecule has 37 heavy (non-hydrogen) atoms. The maximum Gasteiger partial charge on any atom is 0.326 e. The topological polar surface area (TPSA) is 182 Å².